The zero-order chi connectivity index (χ0) is 11.7. The third-order valence-electron chi connectivity index (χ3n) is 2.19. The molecule has 0 amide bonds. The average Bonchev–Trinajstić information content (AvgIpc) is 2.58. The van der Waals surface area contributed by atoms with Gasteiger partial charge in [0.15, 0.2) is 0 Å². The Labute approximate surface area is 91.5 Å². The van der Waals surface area contributed by atoms with Gasteiger partial charge in [0.05, 0.1) is 10.6 Å². The Kier molecular flexibility index (Phi) is 2.32. The molecular weight excluding hydrogens is 208 g/mol. The Morgan fingerprint density at radius 3 is 2.75 bits per heavy atom. The van der Waals surface area contributed by atoms with Gasteiger partial charge in [-0.1, -0.05) is 6.07 Å². The summed E-state index contributed by atoms with van der Waals surface area (Å²) in [4.78, 5) is 10.2. The second kappa shape index (κ2) is 3.65. The van der Waals surface area contributed by atoms with Gasteiger partial charge in [-0.15, -0.1) is 0 Å². The maximum absolute atomic E-state index is 10.6. The number of anilines is 1. The van der Waals surface area contributed by atoms with Crippen LogP contribution < -0.4 is 5.73 Å². The van der Waals surface area contributed by atoms with Gasteiger partial charge >= 0.3 is 0 Å². The summed E-state index contributed by atoms with van der Waals surface area (Å²) in [5.74, 6) is 0.393. The number of nitrogens with zero attached hydrogens (tertiary/aromatic N) is 3. The van der Waals surface area contributed by atoms with Crippen LogP contribution in [-0.4, -0.2) is 14.7 Å². The van der Waals surface area contributed by atoms with Gasteiger partial charge in [0.2, 0.25) is 0 Å². The molecular formula is C10H10N4O2. The fraction of sp³-hybridized carbons (Fsp3) is 0.100. The van der Waals surface area contributed by atoms with Crippen molar-refractivity contribution < 1.29 is 4.92 Å². The van der Waals surface area contributed by atoms with E-state index in [0.29, 0.717) is 11.5 Å². The lowest BCUT2D eigenvalue weighted by molar-refractivity contribution is -0.384. The lowest BCUT2D eigenvalue weighted by atomic mass is 10.3. The van der Waals surface area contributed by atoms with Gasteiger partial charge in [0.25, 0.3) is 5.69 Å². The van der Waals surface area contributed by atoms with E-state index in [4.69, 9.17) is 5.73 Å². The normalized spacial score (nSPS) is 10.3. The minimum absolute atomic E-state index is 0.0333. The number of nitrogens with two attached hydrogens (primary N) is 1. The maximum atomic E-state index is 10.6. The van der Waals surface area contributed by atoms with Crippen molar-refractivity contribution in [3.63, 3.8) is 0 Å². The van der Waals surface area contributed by atoms with Crippen LogP contribution in [0.4, 0.5) is 11.5 Å². The molecule has 0 fully saturated rings. The van der Waals surface area contributed by atoms with E-state index in [0.717, 1.165) is 5.69 Å². The van der Waals surface area contributed by atoms with Crippen molar-refractivity contribution in [3.8, 4) is 5.69 Å². The van der Waals surface area contributed by atoms with Gasteiger partial charge in [-0.3, -0.25) is 10.1 Å². The number of hydrogen-bond donors (Lipinski definition) is 1. The number of nitro benzene ring substituents is 1. The lowest BCUT2D eigenvalue weighted by Crippen LogP contribution is -2.00. The summed E-state index contributed by atoms with van der Waals surface area (Å²) in [6, 6.07) is 7.96. The second-order valence-corrected chi connectivity index (χ2v) is 3.40. The quantitative estimate of drug-likeness (QED) is 0.613. The summed E-state index contributed by atoms with van der Waals surface area (Å²) >= 11 is 0. The highest BCUT2D eigenvalue weighted by molar-refractivity contribution is 5.45. The molecule has 1 aromatic carbocycles. The zero-order valence-electron chi connectivity index (χ0n) is 8.62. The molecule has 0 aliphatic heterocycles. The molecule has 0 aliphatic rings. The molecule has 2 rings (SSSR count). The largest absolute Gasteiger partial charge is 0.382 e. The van der Waals surface area contributed by atoms with Crippen LogP contribution >= 0.6 is 0 Å². The predicted octanol–water partition coefficient (Wildman–Crippen LogP) is 1.67. The van der Waals surface area contributed by atoms with E-state index in [1.807, 2.05) is 6.92 Å². The average molecular weight is 218 g/mol. The first kappa shape index (κ1) is 10.2. The smallest absolute Gasteiger partial charge is 0.271 e. The first-order valence-corrected chi connectivity index (χ1v) is 4.65. The Bertz CT molecular complexity index is 548. The number of aromatic nitrogens is 2. The van der Waals surface area contributed by atoms with E-state index in [-0.39, 0.29) is 5.69 Å². The summed E-state index contributed by atoms with van der Waals surface area (Å²) in [5.41, 5.74) is 7.04. The third kappa shape index (κ3) is 1.72. The molecule has 6 nitrogen and oxygen atoms in total. The predicted molar refractivity (Wildman–Crippen MR) is 59.4 cm³/mol. The first-order chi connectivity index (χ1) is 7.58. The van der Waals surface area contributed by atoms with Gasteiger partial charge in [-0.05, 0) is 13.0 Å². The standard InChI is InChI=1S/C10H10N4O2/c1-7-5-10(11)12-13(7)8-3-2-4-9(6-8)14(15)16/h2-6H,1H3,(H2,11,12). The number of nitrogen functional groups attached to an aromatic ring is 1. The Balaban J connectivity index is 2.52. The molecule has 0 saturated heterocycles. The van der Waals surface area contributed by atoms with E-state index in [1.165, 1.54) is 12.1 Å². The molecule has 0 atom stereocenters. The van der Waals surface area contributed by atoms with Gasteiger partial charge < -0.3 is 5.73 Å². The topological polar surface area (TPSA) is 87.0 Å². The van der Waals surface area contributed by atoms with Gasteiger partial charge in [-0.25, -0.2) is 4.68 Å². The van der Waals surface area contributed by atoms with E-state index in [2.05, 4.69) is 5.10 Å². The van der Waals surface area contributed by atoms with E-state index in [9.17, 15) is 10.1 Å². The minimum atomic E-state index is -0.439. The highest BCUT2D eigenvalue weighted by Crippen LogP contribution is 2.18. The maximum Gasteiger partial charge on any atom is 0.271 e. The van der Waals surface area contributed by atoms with Gasteiger partial charge in [0.1, 0.15) is 5.82 Å². The Hall–Kier alpha value is -2.37. The van der Waals surface area contributed by atoms with Gasteiger partial charge in [0, 0.05) is 23.9 Å². The molecule has 0 saturated carbocycles. The summed E-state index contributed by atoms with van der Waals surface area (Å²) in [7, 11) is 0. The molecule has 0 unspecified atom stereocenters. The molecule has 1 heterocycles. The van der Waals surface area contributed by atoms with Crippen LogP contribution in [0.15, 0.2) is 30.3 Å². The van der Waals surface area contributed by atoms with Crippen molar-refractivity contribution in [2.75, 3.05) is 5.73 Å². The van der Waals surface area contributed by atoms with Crippen LogP contribution in [0.3, 0.4) is 0 Å². The van der Waals surface area contributed by atoms with Crippen molar-refractivity contribution in [3.05, 3.63) is 46.1 Å². The van der Waals surface area contributed by atoms with Crippen molar-refractivity contribution >= 4 is 11.5 Å². The molecule has 2 aromatic rings. The molecule has 0 spiro atoms. The molecule has 6 heteroatoms. The summed E-state index contributed by atoms with van der Waals surface area (Å²) in [5, 5.41) is 14.7. The summed E-state index contributed by atoms with van der Waals surface area (Å²) < 4.78 is 1.57. The second-order valence-electron chi connectivity index (χ2n) is 3.40. The highest BCUT2D eigenvalue weighted by atomic mass is 16.6. The zero-order valence-corrected chi connectivity index (χ0v) is 8.62. The Morgan fingerprint density at radius 2 is 2.19 bits per heavy atom. The molecule has 0 radical (unpaired) electrons. The summed E-state index contributed by atoms with van der Waals surface area (Å²) in [6.07, 6.45) is 0. The SMILES string of the molecule is Cc1cc(N)nn1-c1cccc([N+](=O)[O-])c1. The van der Waals surface area contributed by atoms with Crippen molar-refractivity contribution in [1.82, 2.24) is 9.78 Å². The molecule has 2 N–H and O–H groups in total. The van der Waals surface area contributed by atoms with Crippen molar-refractivity contribution in [2.45, 2.75) is 6.92 Å². The van der Waals surface area contributed by atoms with E-state index < -0.39 is 4.92 Å². The number of non-ortho nitro benzene ring substituents is 1. The number of hydrogen-bond acceptors (Lipinski definition) is 4. The van der Waals surface area contributed by atoms with Crippen LogP contribution in [0.2, 0.25) is 0 Å². The third-order valence-corrected chi connectivity index (χ3v) is 2.19. The first-order valence-electron chi connectivity index (χ1n) is 4.65. The molecule has 16 heavy (non-hydrogen) atoms. The van der Waals surface area contributed by atoms with E-state index in [1.54, 1.807) is 22.9 Å². The van der Waals surface area contributed by atoms with Crippen LogP contribution in [0.5, 0.6) is 0 Å². The molecule has 0 bridgehead atoms. The van der Waals surface area contributed by atoms with Crippen LogP contribution in [0.1, 0.15) is 5.69 Å². The van der Waals surface area contributed by atoms with Crippen molar-refractivity contribution in [2.24, 2.45) is 0 Å². The fourth-order valence-corrected chi connectivity index (χ4v) is 1.50. The van der Waals surface area contributed by atoms with Crippen LogP contribution in [-0.2, 0) is 0 Å². The van der Waals surface area contributed by atoms with Gasteiger partial charge in [-0.2, -0.15) is 5.10 Å². The fourth-order valence-electron chi connectivity index (χ4n) is 1.50. The van der Waals surface area contributed by atoms with Crippen molar-refractivity contribution in [1.29, 1.82) is 0 Å². The minimum Gasteiger partial charge on any atom is -0.382 e. The highest BCUT2D eigenvalue weighted by Gasteiger charge is 2.09. The number of aryl methyl sites for hydroxylation is 1. The summed E-state index contributed by atoms with van der Waals surface area (Å²) in [6.45, 7) is 1.84. The Morgan fingerprint density at radius 1 is 1.44 bits per heavy atom. The molecule has 1 aromatic heterocycles. The van der Waals surface area contributed by atoms with Crippen LogP contribution in [0.25, 0.3) is 5.69 Å². The monoisotopic (exact) mass is 218 g/mol. The molecule has 82 valence electrons. The molecule has 0 aliphatic carbocycles. The number of rotatable bonds is 2. The van der Waals surface area contributed by atoms with Crippen LogP contribution in [0, 0.1) is 17.0 Å². The van der Waals surface area contributed by atoms with E-state index >= 15 is 0 Å². The number of nitro groups is 1. The lowest BCUT2D eigenvalue weighted by Gasteiger charge is -2.03. The number of benzene rings is 1.